The second-order valence-corrected chi connectivity index (χ2v) is 6.30. The predicted octanol–water partition coefficient (Wildman–Crippen LogP) is 3.88. The standard InChI is InChI=1S/C19H20FNO2/c1-19(21,12-22)9-8-13-2-7-17-15(10-13)11-18(23-17)14-3-5-16(20)6-4-14/h2-7,10-11,22H,8-9,12,21H2,1H3. The van der Waals surface area contributed by atoms with Crippen LogP contribution in [-0.4, -0.2) is 17.3 Å². The van der Waals surface area contributed by atoms with Gasteiger partial charge in [0.25, 0.3) is 0 Å². The zero-order valence-corrected chi connectivity index (χ0v) is 13.1. The molecule has 3 aromatic rings. The monoisotopic (exact) mass is 313 g/mol. The average Bonchev–Trinajstić information content (AvgIpc) is 2.97. The first-order chi connectivity index (χ1) is 11.0. The molecule has 0 saturated heterocycles. The van der Waals surface area contributed by atoms with Crippen molar-refractivity contribution in [1.82, 2.24) is 0 Å². The van der Waals surface area contributed by atoms with E-state index in [0.717, 1.165) is 34.3 Å². The van der Waals surface area contributed by atoms with Crippen LogP contribution in [-0.2, 0) is 6.42 Å². The van der Waals surface area contributed by atoms with Gasteiger partial charge in [0.05, 0.1) is 6.61 Å². The Balaban J connectivity index is 1.84. The number of aliphatic hydroxyl groups is 1. The van der Waals surface area contributed by atoms with Gasteiger partial charge >= 0.3 is 0 Å². The molecule has 3 rings (SSSR count). The van der Waals surface area contributed by atoms with Crippen LogP contribution in [0.1, 0.15) is 18.9 Å². The summed E-state index contributed by atoms with van der Waals surface area (Å²) in [6.45, 7) is 1.81. The van der Waals surface area contributed by atoms with Crippen molar-refractivity contribution in [3.05, 3.63) is 59.9 Å². The third-order valence-electron chi connectivity index (χ3n) is 4.06. The molecular weight excluding hydrogens is 293 g/mol. The number of halogens is 1. The fourth-order valence-corrected chi connectivity index (χ4v) is 2.51. The first kappa shape index (κ1) is 15.7. The van der Waals surface area contributed by atoms with Gasteiger partial charge in [-0.3, -0.25) is 0 Å². The summed E-state index contributed by atoms with van der Waals surface area (Å²) >= 11 is 0. The second kappa shape index (κ2) is 6.14. The lowest BCUT2D eigenvalue weighted by molar-refractivity contribution is 0.200. The van der Waals surface area contributed by atoms with Crippen LogP contribution >= 0.6 is 0 Å². The Morgan fingerprint density at radius 3 is 2.57 bits per heavy atom. The topological polar surface area (TPSA) is 59.4 Å². The SMILES string of the molecule is CC(N)(CO)CCc1ccc2oc(-c3ccc(F)cc3)cc2c1. The molecule has 0 aliphatic heterocycles. The summed E-state index contributed by atoms with van der Waals surface area (Å²) in [5.41, 5.74) is 8.20. The number of fused-ring (bicyclic) bond motifs is 1. The first-order valence-electron chi connectivity index (χ1n) is 7.65. The molecule has 0 aliphatic rings. The fourth-order valence-electron chi connectivity index (χ4n) is 2.51. The van der Waals surface area contributed by atoms with Gasteiger partial charge in [0.15, 0.2) is 0 Å². The maximum absolute atomic E-state index is 13.0. The van der Waals surface area contributed by atoms with Gasteiger partial charge in [-0.15, -0.1) is 0 Å². The lowest BCUT2D eigenvalue weighted by Crippen LogP contribution is -2.40. The van der Waals surface area contributed by atoms with E-state index in [1.807, 2.05) is 25.1 Å². The highest BCUT2D eigenvalue weighted by Crippen LogP contribution is 2.29. The van der Waals surface area contributed by atoms with Gasteiger partial charge in [0.1, 0.15) is 17.2 Å². The largest absolute Gasteiger partial charge is 0.456 e. The van der Waals surface area contributed by atoms with E-state index >= 15 is 0 Å². The molecule has 1 unspecified atom stereocenters. The Bertz CT molecular complexity index is 806. The Kier molecular flexibility index (Phi) is 4.20. The van der Waals surface area contributed by atoms with Gasteiger partial charge in [-0.25, -0.2) is 4.39 Å². The lowest BCUT2D eigenvalue weighted by Gasteiger charge is -2.21. The lowest BCUT2D eigenvalue weighted by atomic mass is 9.95. The molecule has 0 amide bonds. The smallest absolute Gasteiger partial charge is 0.135 e. The van der Waals surface area contributed by atoms with Crippen molar-refractivity contribution in [2.45, 2.75) is 25.3 Å². The minimum atomic E-state index is -0.565. The molecule has 120 valence electrons. The average molecular weight is 313 g/mol. The van der Waals surface area contributed by atoms with Crippen LogP contribution in [0.25, 0.3) is 22.3 Å². The summed E-state index contributed by atoms with van der Waals surface area (Å²) in [5, 5.41) is 10.2. The van der Waals surface area contributed by atoms with Crippen LogP contribution in [0.4, 0.5) is 4.39 Å². The third kappa shape index (κ3) is 3.60. The molecule has 0 aliphatic carbocycles. The molecule has 1 aromatic heterocycles. The summed E-state index contributed by atoms with van der Waals surface area (Å²) in [6, 6.07) is 14.2. The van der Waals surface area contributed by atoms with Crippen molar-refractivity contribution in [2.75, 3.05) is 6.61 Å². The van der Waals surface area contributed by atoms with Gasteiger partial charge in [-0.2, -0.15) is 0 Å². The van der Waals surface area contributed by atoms with Crippen LogP contribution in [0.3, 0.4) is 0 Å². The van der Waals surface area contributed by atoms with Crippen molar-refractivity contribution < 1.29 is 13.9 Å². The van der Waals surface area contributed by atoms with Crippen molar-refractivity contribution >= 4 is 11.0 Å². The summed E-state index contributed by atoms with van der Waals surface area (Å²) in [7, 11) is 0. The van der Waals surface area contributed by atoms with Crippen LogP contribution in [0.2, 0.25) is 0 Å². The van der Waals surface area contributed by atoms with E-state index in [-0.39, 0.29) is 12.4 Å². The van der Waals surface area contributed by atoms with Crippen LogP contribution < -0.4 is 5.73 Å². The molecule has 0 radical (unpaired) electrons. The molecule has 3 N–H and O–H groups in total. The number of aryl methyl sites for hydroxylation is 1. The van der Waals surface area contributed by atoms with Crippen molar-refractivity contribution in [3.63, 3.8) is 0 Å². The predicted molar refractivity (Wildman–Crippen MR) is 89.6 cm³/mol. The Labute approximate surface area is 134 Å². The minimum absolute atomic E-state index is 0.0321. The Morgan fingerprint density at radius 1 is 1.13 bits per heavy atom. The van der Waals surface area contributed by atoms with Gasteiger partial charge in [0.2, 0.25) is 0 Å². The van der Waals surface area contributed by atoms with E-state index in [4.69, 9.17) is 10.2 Å². The molecule has 0 spiro atoms. The highest BCUT2D eigenvalue weighted by atomic mass is 19.1. The van der Waals surface area contributed by atoms with E-state index in [2.05, 4.69) is 6.07 Å². The van der Waals surface area contributed by atoms with E-state index < -0.39 is 5.54 Å². The van der Waals surface area contributed by atoms with Crippen molar-refractivity contribution in [2.24, 2.45) is 5.73 Å². The number of hydrogen-bond acceptors (Lipinski definition) is 3. The summed E-state index contributed by atoms with van der Waals surface area (Å²) in [6.07, 6.45) is 1.50. The quantitative estimate of drug-likeness (QED) is 0.751. The van der Waals surface area contributed by atoms with Crippen LogP contribution in [0.5, 0.6) is 0 Å². The number of furan rings is 1. The highest BCUT2D eigenvalue weighted by molar-refractivity contribution is 5.83. The number of aliphatic hydroxyl groups excluding tert-OH is 1. The maximum Gasteiger partial charge on any atom is 0.135 e. The van der Waals surface area contributed by atoms with E-state index in [1.165, 1.54) is 12.1 Å². The van der Waals surface area contributed by atoms with Gasteiger partial charge in [0, 0.05) is 16.5 Å². The molecule has 4 heteroatoms. The molecule has 0 bridgehead atoms. The molecule has 1 heterocycles. The molecule has 1 atom stereocenters. The Morgan fingerprint density at radius 2 is 1.87 bits per heavy atom. The van der Waals surface area contributed by atoms with Crippen molar-refractivity contribution in [3.8, 4) is 11.3 Å². The summed E-state index contributed by atoms with van der Waals surface area (Å²) in [5.74, 6) is 0.456. The highest BCUT2D eigenvalue weighted by Gasteiger charge is 2.16. The zero-order valence-electron chi connectivity index (χ0n) is 13.1. The Hall–Kier alpha value is -2.17. The normalized spacial score (nSPS) is 14.1. The van der Waals surface area contributed by atoms with E-state index in [9.17, 15) is 9.50 Å². The van der Waals surface area contributed by atoms with Gasteiger partial charge in [-0.1, -0.05) is 6.07 Å². The fraction of sp³-hybridized carbons (Fsp3) is 0.263. The molecule has 0 fully saturated rings. The molecule has 23 heavy (non-hydrogen) atoms. The van der Waals surface area contributed by atoms with Gasteiger partial charge in [-0.05, 0) is 67.8 Å². The van der Waals surface area contributed by atoms with Gasteiger partial charge < -0.3 is 15.3 Å². The first-order valence-corrected chi connectivity index (χ1v) is 7.65. The van der Waals surface area contributed by atoms with Crippen molar-refractivity contribution in [1.29, 1.82) is 0 Å². The molecule has 3 nitrogen and oxygen atoms in total. The molecule has 0 saturated carbocycles. The second-order valence-electron chi connectivity index (χ2n) is 6.30. The zero-order chi connectivity index (χ0) is 16.4. The van der Waals surface area contributed by atoms with Crippen LogP contribution in [0.15, 0.2) is 52.9 Å². The number of benzene rings is 2. The summed E-state index contributed by atoms with van der Waals surface area (Å²) in [4.78, 5) is 0. The summed E-state index contributed by atoms with van der Waals surface area (Å²) < 4.78 is 18.8. The third-order valence-corrected chi connectivity index (χ3v) is 4.06. The van der Waals surface area contributed by atoms with Crippen LogP contribution in [0, 0.1) is 5.82 Å². The maximum atomic E-state index is 13.0. The number of nitrogens with two attached hydrogens (primary N) is 1. The van der Waals surface area contributed by atoms with E-state index in [0.29, 0.717) is 6.42 Å². The molecular formula is C19H20FNO2. The number of hydrogen-bond donors (Lipinski definition) is 2. The molecule has 2 aromatic carbocycles. The van der Waals surface area contributed by atoms with E-state index in [1.54, 1.807) is 12.1 Å². The number of rotatable bonds is 5. The minimum Gasteiger partial charge on any atom is -0.456 e.